The summed E-state index contributed by atoms with van der Waals surface area (Å²) in [6.45, 7) is 1.92. The minimum Gasteiger partial charge on any atom is -0.496 e. The van der Waals surface area contributed by atoms with Crippen LogP contribution in [-0.2, 0) is 0 Å². The summed E-state index contributed by atoms with van der Waals surface area (Å²) in [6.07, 6.45) is 1.57. The van der Waals surface area contributed by atoms with E-state index in [0.29, 0.717) is 9.66 Å². The number of halogens is 1. The molecular weight excluding hydrogens is 256 g/mol. The van der Waals surface area contributed by atoms with E-state index < -0.39 is 0 Å². The summed E-state index contributed by atoms with van der Waals surface area (Å²) in [5, 5.41) is 0.649. The second kappa shape index (κ2) is 4.85. The lowest BCUT2D eigenvalue weighted by atomic mass is 10.1. The molecular formula is C12H11ClN2OS. The molecule has 0 aliphatic carbocycles. The van der Waals surface area contributed by atoms with E-state index in [1.807, 2.05) is 19.1 Å². The maximum atomic E-state index is 6.00. The van der Waals surface area contributed by atoms with Crippen molar-refractivity contribution < 1.29 is 4.74 Å². The zero-order valence-electron chi connectivity index (χ0n) is 9.45. The van der Waals surface area contributed by atoms with Crippen LogP contribution >= 0.6 is 23.8 Å². The highest BCUT2D eigenvalue weighted by Crippen LogP contribution is 2.32. The van der Waals surface area contributed by atoms with E-state index in [-0.39, 0.29) is 0 Å². The van der Waals surface area contributed by atoms with Crippen molar-refractivity contribution in [2.24, 2.45) is 0 Å². The summed E-state index contributed by atoms with van der Waals surface area (Å²) < 4.78 is 5.89. The third-order valence-corrected chi connectivity index (χ3v) is 3.16. The van der Waals surface area contributed by atoms with Crippen molar-refractivity contribution in [2.75, 3.05) is 7.11 Å². The fraction of sp³-hybridized carbons (Fsp3) is 0.167. The van der Waals surface area contributed by atoms with Crippen molar-refractivity contribution in [2.45, 2.75) is 6.92 Å². The van der Waals surface area contributed by atoms with Crippen molar-refractivity contribution in [3.8, 4) is 17.0 Å². The molecule has 0 radical (unpaired) electrons. The number of H-pyrrole nitrogens is 1. The van der Waals surface area contributed by atoms with Gasteiger partial charge in [-0.3, -0.25) is 0 Å². The Hall–Kier alpha value is -1.39. The van der Waals surface area contributed by atoms with Gasteiger partial charge in [-0.2, -0.15) is 0 Å². The van der Waals surface area contributed by atoms with E-state index in [2.05, 4.69) is 9.97 Å². The molecule has 0 atom stereocenters. The van der Waals surface area contributed by atoms with Gasteiger partial charge in [-0.15, -0.1) is 0 Å². The molecule has 0 aliphatic rings. The lowest BCUT2D eigenvalue weighted by Gasteiger charge is -2.11. The first-order chi connectivity index (χ1) is 8.13. The molecule has 0 fully saturated rings. The van der Waals surface area contributed by atoms with E-state index >= 15 is 0 Å². The second-order valence-electron chi connectivity index (χ2n) is 3.55. The molecule has 0 amide bonds. The summed E-state index contributed by atoms with van der Waals surface area (Å²) in [6, 6.07) is 5.46. The molecule has 5 heteroatoms. The van der Waals surface area contributed by atoms with Crippen LogP contribution in [0, 0.1) is 11.6 Å². The largest absolute Gasteiger partial charge is 0.496 e. The Labute approximate surface area is 109 Å². The lowest BCUT2D eigenvalue weighted by Crippen LogP contribution is -1.94. The van der Waals surface area contributed by atoms with Crippen LogP contribution in [0.25, 0.3) is 11.3 Å². The predicted molar refractivity (Wildman–Crippen MR) is 71.2 cm³/mol. The van der Waals surface area contributed by atoms with Crippen LogP contribution in [0.4, 0.5) is 0 Å². The van der Waals surface area contributed by atoms with Gasteiger partial charge in [0.25, 0.3) is 0 Å². The highest BCUT2D eigenvalue weighted by molar-refractivity contribution is 7.71. The molecule has 0 aliphatic heterocycles. The number of aromatic amines is 1. The van der Waals surface area contributed by atoms with Gasteiger partial charge < -0.3 is 9.72 Å². The molecule has 0 unspecified atom stereocenters. The minimum atomic E-state index is 0.570. The minimum absolute atomic E-state index is 0.570. The van der Waals surface area contributed by atoms with Gasteiger partial charge in [-0.1, -0.05) is 23.8 Å². The topological polar surface area (TPSA) is 37.9 Å². The molecule has 0 saturated carbocycles. The molecule has 2 rings (SSSR count). The fourth-order valence-corrected chi connectivity index (χ4v) is 1.95. The van der Waals surface area contributed by atoms with Crippen LogP contribution in [0.1, 0.15) is 5.56 Å². The molecule has 0 spiro atoms. The summed E-state index contributed by atoms with van der Waals surface area (Å²) >= 11 is 11.2. The van der Waals surface area contributed by atoms with E-state index in [0.717, 1.165) is 22.6 Å². The standard InChI is InChI=1S/C12H11ClN2OS/c1-7-11(14-6-15-12(7)17)9-5-8(13)3-4-10(9)16-2/h3-6H,1-2H3,(H,14,15,17). The predicted octanol–water partition coefficient (Wildman–Crippen LogP) is 3.78. The first-order valence-electron chi connectivity index (χ1n) is 5.01. The summed E-state index contributed by atoms with van der Waals surface area (Å²) in [7, 11) is 1.62. The first-order valence-corrected chi connectivity index (χ1v) is 5.80. The van der Waals surface area contributed by atoms with Gasteiger partial charge in [0.05, 0.1) is 19.1 Å². The summed E-state index contributed by atoms with van der Waals surface area (Å²) in [5.41, 5.74) is 2.67. The van der Waals surface area contributed by atoms with E-state index in [1.165, 1.54) is 0 Å². The highest BCUT2D eigenvalue weighted by Gasteiger charge is 2.10. The monoisotopic (exact) mass is 266 g/mol. The molecule has 0 bridgehead atoms. The Morgan fingerprint density at radius 2 is 2.18 bits per heavy atom. The van der Waals surface area contributed by atoms with Crippen LogP contribution < -0.4 is 4.74 Å². The van der Waals surface area contributed by atoms with Crippen molar-refractivity contribution in [1.82, 2.24) is 9.97 Å². The molecule has 1 aromatic heterocycles. The molecule has 2 aromatic rings. The molecule has 1 aromatic carbocycles. The van der Waals surface area contributed by atoms with Crippen LogP contribution in [0.5, 0.6) is 5.75 Å². The smallest absolute Gasteiger partial charge is 0.132 e. The molecule has 1 N–H and O–H groups in total. The normalized spacial score (nSPS) is 10.3. The lowest BCUT2D eigenvalue weighted by molar-refractivity contribution is 0.416. The van der Waals surface area contributed by atoms with Gasteiger partial charge in [0.1, 0.15) is 10.4 Å². The maximum Gasteiger partial charge on any atom is 0.132 e. The van der Waals surface area contributed by atoms with Gasteiger partial charge >= 0.3 is 0 Å². The molecule has 17 heavy (non-hydrogen) atoms. The third kappa shape index (κ3) is 2.33. The quantitative estimate of drug-likeness (QED) is 0.841. The molecule has 0 saturated heterocycles. The molecule has 88 valence electrons. The van der Waals surface area contributed by atoms with Crippen LogP contribution in [0.3, 0.4) is 0 Å². The van der Waals surface area contributed by atoms with Gasteiger partial charge in [0.2, 0.25) is 0 Å². The maximum absolute atomic E-state index is 6.00. The average molecular weight is 267 g/mol. The SMILES string of the molecule is COc1ccc(Cl)cc1-c1[nH]cnc(=S)c1C. The number of nitrogens with zero attached hydrogens (tertiary/aromatic N) is 1. The Morgan fingerprint density at radius 3 is 2.88 bits per heavy atom. The van der Waals surface area contributed by atoms with Crippen molar-refractivity contribution in [3.05, 3.63) is 39.8 Å². The van der Waals surface area contributed by atoms with Gasteiger partial charge in [-0.05, 0) is 25.1 Å². The zero-order valence-corrected chi connectivity index (χ0v) is 11.0. The van der Waals surface area contributed by atoms with Crippen molar-refractivity contribution in [3.63, 3.8) is 0 Å². The summed E-state index contributed by atoms with van der Waals surface area (Å²) in [4.78, 5) is 7.11. The third-order valence-electron chi connectivity index (χ3n) is 2.52. The van der Waals surface area contributed by atoms with Gasteiger partial charge in [-0.25, -0.2) is 4.98 Å². The number of hydrogen-bond donors (Lipinski definition) is 1. The molecule has 1 heterocycles. The first kappa shape index (κ1) is 12.1. The average Bonchev–Trinajstić information content (AvgIpc) is 2.33. The van der Waals surface area contributed by atoms with Gasteiger partial charge in [0.15, 0.2) is 0 Å². The van der Waals surface area contributed by atoms with E-state index in [4.69, 9.17) is 28.6 Å². The highest BCUT2D eigenvalue weighted by atomic mass is 35.5. The summed E-state index contributed by atoms with van der Waals surface area (Å²) in [5.74, 6) is 0.745. The Balaban J connectivity index is 2.71. The Bertz CT molecular complexity index is 610. The fourth-order valence-electron chi connectivity index (χ4n) is 1.62. The van der Waals surface area contributed by atoms with Gasteiger partial charge in [0, 0.05) is 16.1 Å². The number of ether oxygens (including phenoxy) is 1. The Morgan fingerprint density at radius 1 is 1.41 bits per heavy atom. The number of methoxy groups -OCH3 is 1. The number of aromatic nitrogens is 2. The van der Waals surface area contributed by atoms with Crippen LogP contribution in [-0.4, -0.2) is 17.1 Å². The number of hydrogen-bond acceptors (Lipinski definition) is 3. The van der Waals surface area contributed by atoms with Crippen LogP contribution in [0.2, 0.25) is 5.02 Å². The van der Waals surface area contributed by atoms with Crippen molar-refractivity contribution >= 4 is 23.8 Å². The number of nitrogens with one attached hydrogen (secondary N) is 1. The van der Waals surface area contributed by atoms with Crippen molar-refractivity contribution in [1.29, 1.82) is 0 Å². The number of benzene rings is 1. The van der Waals surface area contributed by atoms with E-state index in [1.54, 1.807) is 19.5 Å². The second-order valence-corrected chi connectivity index (χ2v) is 4.38. The van der Waals surface area contributed by atoms with E-state index in [9.17, 15) is 0 Å². The number of rotatable bonds is 2. The molecule has 3 nitrogen and oxygen atoms in total. The zero-order chi connectivity index (χ0) is 12.4. The Kier molecular flexibility index (Phi) is 3.45. The van der Waals surface area contributed by atoms with Crippen LogP contribution in [0.15, 0.2) is 24.5 Å².